The van der Waals surface area contributed by atoms with E-state index >= 15 is 0 Å². The maximum absolute atomic E-state index is 5.65. The van der Waals surface area contributed by atoms with Crippen molar-refractivity contribution in [1.82, 2.24) is 4.90 Å². The second-order valence-corrected chi connectivity index (χ2v) is 6.33. The zero-order chi connectivity index (χ0) is 11.5. The smallest absolute Gasteiger partial charge is 0.000936 e. The van der Waals surface area contributed by atoms with Crippen LogP contribution in [-0.4, -0.2) is 31.6 Å². The maximum atomic E-state index is 5.65. The van der Waals surface area contributed by atoms with Gasteiger partial charge in [0.1, 0.15) is 0 Å². The molecule has 2 N–H and O–H groups in total. The molecule has 2 rings (SSSR count). The van der Waals surface area contributed by atoms with E-state index in [1.165, 1.54) is 45.2 Å². The van der Waals surface area contributed by atoms with Crippen molar-refractivity contribution in [3.8, 4) is 0 Å². The van der Waals surface area contributed by atoms with Crippen molar-refractivity contribution in [1.29, 1.82) is 0 Å². The molecule has 0 aromatic carbocycles. The summed E-state index contributed by atoms with van der Waals surface area (Å²) in [6.07, 6.45) is 7.35. The van der Waals surface area contributed by atoms with E-state index in [2.05, 4.69) is 18.9 Å². The van der Waals surface area contributed by atoms with Gasteiger partial charge in [0.15, 0.2) is 0 Å². The van der Waals surface area contributed by atoms with Crippen LogP contribution in [0.4, 0.5) is 0 Å². The van der Waals surface area contributed by atoms with Gasteiger partial charge in [-0.3, -0.25) is 0 Å². The minimum Gasteiger partial charge on any atom is -0.330 e. The standard InChI is InChI=1S/C14H28N2/c1-11(9-15)5-6-16(2)10-14-8-12-3-4-13(14)7-12/h11-14H,3-10,15H2,1-2H3. The molecule has 4 unspecified atom stereocenters. The van der Waals surface area contributed by atoms with Crippen LogP contribution in [0.25, 0.3) is 0 Å². The molecule has 16 heavy (non-hydrogen) atoms. The molecule has 2 nitrogen and oxygen atoms in total. The molecule has 4 atom stereocenters. The Bertz CT molecular complexity index is 217. The normalized spacial score (nSPS) is 34.9. The molecule has 0 radical (unpaired) electrons. The largest absolute Gasteiger partial charge is 0.330 e. The van der Waals surface area contributed by atoms with Crippen molar-refractivity contribution in [3.05, 3.63) is 0 Å². The fourth-order valence-corrected chi connectivity index (χ4v) is 3.65. The molecule has 2 bridgehead atoms. The Morgan fingerprint density at radius 3 is 2.69 bits per heavy atom. The molecule has 0 aromatic rings. The zero-order valence-corrected chi connectivity index (χ0v) is 11.0. The number of hydrogen-bond donors (Lipinski definition) is 1. The molecular weight excluding hydrogens is 196 g/mol. The summed E-state index contributed by atoms with van der Waals surface area (Å²) >= 11 is 0. The Hall–Kier alpha value is -0.0800. The minimum atomic E-state index is 0.683. The molecule has 2 aliphatic carbocycles. The second kappa shape index (κ2) is 5.50. The summed E-state index contributed by atoms with van der Waals surface area (Å²) in [7, 11) is 2.29. The Morgan fingerprint density at radius 1 is 1.31 bits per heavy atom. The van der Waals surface area contributed by atoms with Gasteiger partial charge in [-0.05, 0) is 69.5 Å². The predicted octanol–water partition coefficient (Wildman–Crippen LogP) is 2.34. The van der Waals surface area contributed by atoms with Gasteiger partial charge in [0.05, 0.1) is 0 Å². The zero-order valence-electron chi connectivity index (χ0n) is 11.0. The van der Waals surface area contributed by atoms with Gasteiger partial charge in [-0.2, -0.15) is 0 Å². The molecule has 2 fully saturated rings. The summed E-state index contributed by atoms with van der Waals surface area (Å²) in [5.41, 5.74) is 5.65. The van der Waals surface area contributed by atoms with Gasteiger partial charge in [0.2, 0.25) is 0 Å². The second-order valence-electron chi connectivity index (χ2n) is 6.33. The molecule has 2 aliphatic rings. The van der Waals surface area contributed by atoms with Gasteiger partial charge >= 0.3 is 0 Å². The van der Waals surface area contributed by atoms with Crippen LogP contribution in [0, 0.1) is 23.7 Å². The first-order chi connectivity index (χ1) is 7.69. The van der Waals surface area contributed by atoms with Crippen molar-refractivity contribution in [2.24, 2.45) is 29.4 Å². The summed E-state index contributed by atoms with van der Waals surface area (Å²) < 4.78 is 0. The quantitative estimate of drug-likeness (QED) is 0.750. The maximum Gasteiger partial charge on any atom is 0.000936 e. The van der Waals surface area contributed by atoms with E-state index in [9.17, 15) is 0 Å². The molecular formula is C14H28N2. The average Bonchev–Trinajstić information content (AvgIpc) is 2.87. The summed E-state index contributed by atoms with van der Waals surface area (Å²) in [6.45, 7) is 5.65. The highest BCUT2D eigenvalue weighted by Crippen LogP contribution is 2.48. The van der Waals surface area contributed by atoms with E-state index in [4.69, 9.17) is 5.73 Å². The Morgan fingerprint density at radius 2 is 2.12 bits per heavy atom. The van der Waals surface area contributed by atoms with Crippen LogP contribution in [0.2, 0.25) is 0 Å². The Labute approximate surface area is 101 Å². The highest BCUT2D eigenvalue weighted by atomic mass is 15.1. The van der Waals surface area contributed by atoms with Gasteiger partial charge in [-0.1, -0.05) is 13.3 Å². The van der Waals surface area contributed by atoms with Crippen molar-refractivity contribution >= 4 is 0 Å². The average molecular weight is 224 g/mol. The van der Waals surface area contributed by atoms with Gasteiger partial charge < -0.3 is 10.6 Å². The summed E-state index contributed by atoms with van der Waals surface area (Å²) in [5, 5.41) is 0. The van der Waals surface area contributed by atoms with Gasteiger partial charge in [0, 0.05) is 6.54 Å². The third-order valence-corrected chi connectivity index (χ3v) is 4.84. The van der Waals surface area contributed by atoms with Crippen LogP contribution in [-0.2, 0) is 0 Å². The van der Waals surface area contributed by atoms with E-state index in [0.29, 0.717) is 5.92 Å². The number of hydrogen-bond acceptors (Lipinski definition) is 2. The van der Waals surface area contributed by atoms with Gasteiger partial charge in [0.25, 0.3) is 0 Å². The fraction of sp³-hybridized carbons (Fsp3) is 1.00. The summed E-state index contributed by atoms with van der Waals surface area (Å²) in [6, 6.07) is 0. The number of rotatable bonds is 6. The van der Waals surface area contributed by atoms with E-state index in [-0.39, 0.29) is 0 Å². The van der Waals surface area contributed by atoms with E-state index in [0.717, 1.165) is 24.3 Å². The minimum absolute atomic E-state index is 0.683. The van der Waals surface area contributed by atoms with Crippen LogP contribution < -0.4 is 5.73 Å². The molecule has 0 amide bonds. The third-order valence-electron chi connectivity index (χ3n) is 4.84. The van der Waals surface area contributed by atoms with Crippen molar-refractivity contribution in [3.63, 3.8) is 0 Å². The lowest BCUT2D eigenvalue weighted by Gasteiger charge is -2.27. The molecule has 0 aromatic heterocycles. The molecule has 2 heteroatoms. The Balaban J connectivity index is 1.65. The van der Waals surface area contributed by atoms with Crippen molar-refractivity contribution < 1.29 is 0 Å². The lowest BCUT2D eigenvalue weighted by molar-refractivity contribution is 0.211. The number of fused-ring (bicyclic) bond motifs is 2. The summed E-state index contributed by atoms with van der Waals surface area (Å²) in [5.74, 6) is 3.85. The first-order valence-corrected chi connectivity index (χ1v) is 7.07. The topological polar surface area (TPSA) is 29.3 Å². The lowest BCUT2D eigenvalue weighted by atomic mass is 9.88. The van der Waals surface area contributed by atoms with Gasteiger partial charge in [-0.15, -0.1) is 0 Å². The first-order valence-electron chi connectivity index (χ1n) is 7.07. The van der Waals surface area contributed by atoms with Crippen LogP contribution in [0.3, 0.4) is 0 Å². The van der Waals surface area contributed by atoms with Crippen molar-refractivity contribution in [2.45, 2.75) is 39.0 Å². The predicted molar refractivity (Wildman–Crippen MR) is 69.3 cm³/mol. The number of nitrogens with zero attached hydrogens (tertiary/aromatic N) is 1. The molecule has 2 saturated carbocycles. The molecule has 0 heterocycles. The molecule has 0 saturated heterocycles. The van der Waals surface area contributed by atoms with Crippen LogP contribution in [0.15, 0.2) is 0 Å². The van der Waals surface area contributed by atoms with Crippen LogP contribution in [0.1, 0.15) is 39.0 Å². The first kappa shape index (κ1) is 12.4. The Kier molecular flexibility index (Phi) is 4.26. The SMILES string of the molecule is CC(CN)CCN(C)CC1CC2CCC1C2. The monoisotopic (exact) mass is 224 g/mol. The lowest BCUT2D eigenvalue weighted by Crippen LogP contribution is -2.30. The van der Waals surface area contributed by atoms with Crippen LogP contribution >= 0.6 is 0 Å². The molecule has 0 aliphatic heterocycles. The van der Waals surface area contributed by atoms with E-state index < -0.39 is 0 Å². The fourth-order valence-electron chi connectivity index (χ4n) is 3.65. The van der Waals surface area contributed by atoms with Gasteiger partial charge in [-0.25, -0.2) is 0 Å². The summed E-state index contributed by atoms with van der Waals surface area (Å²) in [4.78, 5) is 2.54. The van der Waals surface area contributed by atoms with Crippen LogP contribution in [0.5, 0.6) is 0 Å². The highest BCUT2D eigenvalue weighted by Gasteiger charge is 2.39. The van der Waals surface area contributed by atoms with E-state index in [1.807, 2.05) is 0 Å². The van der Waals surface area contributed by atoms with Crippen molar-refractivity contribution in [2.75, 3.05) is 26.7 Å². The molecule has 0 spiro atoms. The van der Waals surface area contributed by atoms with E-state index in [1.54, 1.807) is 0 Å². The number of nitrogens with two attached hydrogens (primary N) is 1. The third kappa shape index (κ3) is 2.98. The molecule has 94 valence electrons. The highest BCUT2D eigenvalue weighted by molar-refractivity contribution is 4.90.